The molecule has 0 atom stereocenters. The number of benzene rings is 1. The Kier molecular flexibility index (Phi) is 4.20. The van der Waals surface area contributed by atoms with Crippen LogP contribution in [-0.4, -0.2) is 0 Å². The van der Waals surface area contributed by atoms with Gasteiger partial charge in [-0.05, 0) is 31.0 Å². The summed E-state index contributed by atoms with van der Waals surface area (Å²) in [6.07, 6.45) is 0. The molecule has 1 aromatic carbocycles. The fraction of sp³-hybridized carbons (Fsp3) is 0.200. The third-order valence-electron chi connectivity index (χ3n) is 1.54. The first-order valence-corrected chi connectivity index (χ1v) is 3.43. The van der Waals surface area contributed by atoms with E-state index in [1.54, 1.807) is 13.0 Å². The van der Waals surface area contributed by atoms with Gasteiger partial charge >= 0.3 is 0 Å². The van der Waals surface area contributed by atoms with Crippen LogP contribution < -0.4 is 0 Å². The Morgan fingerprint density at radius 3 is 2.09 bits per heavy atom. The second kappa shape index (κ2) is 4.67. The predicted octanol–water partition coefficient (Wildman–Crippen LogP) is 3.24. The van der Waals surface area contributed by atoms with E-state index >= 15 is 0 Å². The summed E-state index contributed by atoms with van der Waals surface area (Å²) in [6, 6.07) is 5.10. The molecule has 0 saturated heterocycles. The quantitative estimate of drug-likeness (QED) is 0.500. The number of hydrogen-bond acceptors (Lipinski definition) is 0. The summed E-state index contributed by atoms with van der Waals surface area (Å²) in [5.41, 5.74) is 1.76. The Morgan fingerprint density at radius 1 is 1.18 bits per heavy atom. The highest BCUT2D eigenvalue weighted by atomic mass is 19.1. The standard InChI is InChI=1S/C8H9F.C2H4/c1-6-4-3-5-8(9)7(6)2;1-2/h3-5H,1-2H3;1-2H2. The minimum absolute atomic E-state index is 0.116. The third kappa shape index (κ3) is 2.54. The minimum Gasteiger partial charge on any atom is -0.207 e. The lowest BCUT2D eigenvalue weighted by Crippen LogP contribution is -1.83. The number of hydrogen-bond donors (Lipinski definition) is 0. The first-order chi connectivity index (χ1) is 5.22. The molecule has 11 heavy (non-hydrogen) atoms. The van der Waals surface area contributed by atoms with Crippen LogP contribution in [-0.2, 0) is 0 Å². The van der Waals surface area contributed by atoms with E-state index in [0.717, 1.165) is 11.1 Å². The van der Waals surface area contributed by atoms with Gasteiger partial charge in [0.25, 0.3) is 0 Å². The average Bonchev–Trinajstić information content (AvgIpc) is 2.04. The van der Waals surface area contributed by atoms with Crippen molar-refractivity contribution in [1.82, 2.24) is 0 Å². The van der Waals surface area contributed by atoms with Gasteiger partial charge in [-0.15, -0.1) is 13.2 Å². The monoisotopic (exact) mass is 152 g/mol. The highest BCUT2D eigenvalue weighted by molar-refractivity contribution is 5.25. The van der Waals surface area contributed by atoms with Gasteiger partial charge in [-0.25, -0.2) is 4.39 Å². The minimum atomic E-state index is -0.116. The second-order valence-corrected chi connectivity index (χ2v) is 2.18. The molecule has 0 aromatic heterocycles. The molecule has 0 amide bonds. The zero-order valence-electron chi connectivity index (χ0n) is 7.02. The number of halogens is 1. The average molecular weight is 152 g/mol. The fourth-order valence-electron chi connectivity index (χ4n) is 0.715. The van der Waals surface area contributed by atoms with Crippen molar-refractivity contribution in [2.75, 3.05) is 0 Å². The Bertz CT molecular complexity index is 208. The van der Waals surface area contributed by atoms with Gasteiger partial charge in [0, 0.05) is 0 Å². The van der Waals surface area contributed by atoms with Gasteiger partial charge in [0.05, 0.1) is 0 Å². The Balaban J connectivity index is 0.000000461. The van der Waals surface area contributed by atoms with Crippen molar-refractivity contribution in [2.45, 2.75) is 13.8 Å². The lowest BCUT2D eigenvalue weighted by molar-refractivity contribution is 0.617. The zero-order valence-corrected chi connectivity index (χ0v) is 7.02. The van der Waals surface area contributed by atoms with Crippen LogP contribution >= 0.6 is 0 Å². The maximum atomic E-state index is 12.6. The summed E-state index contributed by atoms with van der Waals surface area (Å²) < 4.78 is 12.6. The van der Waals surface area contributed by atoms with Crippen LogP contribution in [0, 0.1) is 19.7 Å². The molecule has 0 fully saturated rings. The first-order valence-electron chi connectivity index (χ1n) is 3.43. The predicted molar refractivity (Wildman–Crippen MR) is 47.1 cm³/mol. The number of aryl methyl sites for hydroxylation is 1. The summed E-state index contributed by atoms with van der Waals surface area (Å²) in [7, 11) is 0. The normalized spacial score (nSPS) is 8.27. The molecule has 0 aliphatic rings. The molecular formula is C10H13F. The molecule has 0 saturated carbocycles. The van der Waals surface area contributed by atoms with E-state index in [1.807, 2.05) is 13.0 Å². The highest BCUT2D eigenvalue weighted by Crippen LogP contribution is 2.09. The molecular weight excluding hydrogens is 139 g/mol. The van der Waals surface area contributed by atoms with E-state index in [-0.39, 0.29) is 5.82 Å². The topological polar surface area (TPSA) is 0 Å². The van der Waals surface area contributed by atoms with Gasteiger partial charge in [0.15, 0.2) is 0 Å². The lowest BCUT2D eigenvalue weighted by Gasteiger charge is -1.97. The molecule has 0 unspecified atom stereocenters. The van der Waals surface area contributed by atoms with E-state index in [2.05, 4.69) is 13.2 Å². The van der Waals surface area contributed by atoms with E-state index in [0.29, 0.717) is 0 Å². The van der Waals surface area contributed by atoms with Gasteiger partial charge in [0.2, 0.25) is 0 Å². The third-order valence-corrected chi connectivity index (χ3v) is 1.54. The fourth-order valence-corrected chi connectivity index (χ4v) is 0.715. The van der Waals surface area contributed by atoms with Crippen LogP contribution in [0.1, 0.15) is 11.1 Å². The molecule has 0 heterocycles. The van der Waals surface area contributed by atoms with Crippen LogP contribution in [0.3, 0.4) is 0 Å². The van der Waals surface area contributed by atoms with Crippen molar-refractivity contribution in [3.63, 3.8) is 0 Å². The molecule has 0 spiro atoms. The Labute approximate surface area is 67.4 Å². The molecule has 0 aliphatic heterocycles. The molecule has 0 radical (unpaired) electrons. The largest absolute Gasteiger partial charge is 0.207 e. The molecule has 0 N–H and O–H groups in total. The van der Waals surface area contributed by atoms with Gasteiger partial charge in [-0.1, -0.05) is 12.1 Å². The van der Waals surface area contributed by atoms with Crippen molar-refractivity contribution in [2.24, 2.45) is 0 Å². The molecule has 1 rings (SSSR count). The number of rotatable bonds is 0. The Hall–Kier alpha value is -1.11. The van der Waals surface area contributed by atoms with Crippen molar-refractivity contribution in [3.05, 3.63) is 48.3 Å². The molecule has 0 nitrogen and oxygen atoms in total. The van der Waals surface area contributed by atoms with E-state index in [9.17, 15) is 4.39 Å². The summed E-state index contributed by atoms with van der Waals surface area (Å²) in [6.45, 7) is 9.68. The summed E-state index contributed by atoms with van der Waals surface area (Å²) in [5, 5.41) is 0. The maximum Gasteiger partial charge on any atom is 0.126 e. The second-order valence-electron chi connectivity index (χ2n) is 2.18. The molecule has 1 heteroatoms. The van der Waals surface area contributed by atoms with Crippen LogP contribution in [0.4, 0.5) is 4.39 Å². The highest BCUT2D eigenvalue weighted by Gasteiger charge is 1.95. The molecule has 0 bridgehead atoms. The van der Waals surface area contributed by atoms with Crippen molar-refractivity contribution in [1.29, 1.82) is 0 Å². The molecule has 0 aliphatic carbocycles. The van der Waals surface area contributed by atoms with E-state index in [1.165, 1.54) is 6.07 Å². The van der Waals surface area contributed by atoms with Crippen molar-refractivity contribution >= 4 is 0 Å². The van der Waals surface area contributed by atoms with Crippen LogP contribution in [0.2, 0.25) is 0 Å². The van der Waals surface area contributed by atoms with E-state index < -0.39 is 0 Å². The van der Waals surface area contributed by atoms with Gasteiger partial charge in [-0.2, -0.15) is 0 Å². The van der Waals surface area contributed by atoms with Crippen LogP contribution in [0.15, 0.2) is 31.4 Å². The molecule has 1 aromatic rings. The van der Waals surface area contributed by atoms with Gasteiger partial charge < -0.3 is 0 Å². The smallest absolute Gasteiger partial charge is 0.126 e. The van der Waals surface area contributed by atoms with Crippen molar-refractivity contribution in [3.8, 4) is 0 Å². The first kappa shape index (κ1) is 9.89. The zero-order chi connectivity index (χ0) is 8.85. The molecule has 60 valence electrons. The summed E-state index contributed by atoms with van der Waals surface area (Å²) >= 11 is 0. The SMILES string of the molecule is C=C.Cc1cccc(F)c1C. The van der Waals surface area contributed by atoms with Crippen LogP contribution in [0.5, 0.6) is 0 Å². The summed E-state index contributed by atoms with van der Waals surface area (Å²) in [5.74, 6) is -0.116. The van der Waals surface area contributed by atoms with Gasteiger partial charge in [-0.3, -0.25) is 0 Å². The van der Waals surface area contributed by atoms with E-state index in [4.69, 9.17) is 0 Å². The Morgan fingerprint density at radius 2 is 1.73 bits per heavy atom. The lowest BCUT2D eigenvalue weighted by atomic mass is 10.1. The van der Waals surface area contributed by atoms with Crippen LogP contribution in [0.25, 0.3) is 0 Å². The van der Waals surface area contributed by atoms with Crippen molar-refractivity contribution < 1.29 is 4.39 Å². The maximum absolute atomic E-state index is 12.6. The summed E-state index contributed by atoms with van der Waals surface area (Å²) in [4.78, 5) is 0. The van der Waals surface area contributed by atoms with Gasteiger partial charge in [0.1, 0.15) is 5.82 Å².